The molecule has 1 heterocycles. The first kappa shape index (κ1) is 20.4. The van der Waals surface area contributed by atoms with Crippen LogP contribution in [0.4, 0.5) is 10.5 Å². The molecular weight excluding hydrogens is 346 g/mol. The fourth-order valence-corrected chi connectivity index (χ4v) is 2.67. The molecule has 0 unspecified atom stereocenters. The molecule has 0 atom stereocenters. The van der Waals surface area contributed by atoms with E-state index in [1.807, 2.05) is 46.8 Å². The van der Waals surface area contributed by atoms with Gasteiger partial charge >= 0.3 is 6.03 Å². The maximum Gasteiger partial charge on any atom is 0.315 e. The Balaban J connectivity index is 1.72. The number of nitrogens with one attached hydrogen (secondary N) is 3. The first-order chi connectivity index (χ1) is 12.8. The van der Waals surface area contributed by atoms with Crippen LogP contribution >= 0.6 is 0 Å². The minimum atomic E-state index is -0.425. The summed E-state index contributed by atoms with van der Waals surface area (Å²) in [5, 5.41) is 11.9. The summed E-state index contributed by atoms with van der Waals surface area (Å²) < 4.78 is 5.11. The minimum absolute atomic E-state index is 0.114. The summed E-state index contributed by atoms with van der Waals surface area (Å²) in [6.45, 7) is 10.1. The highest BCUT2D eigenvalue weighted by molar-refractivity contribution is 5.95. The number of amides is 3. The second-order valence-electron chi connectivity index (χ2n) is 6.88. The molecule has 0 aliphatic heterocycles. The highest BCUT2D eigenvalue weighted by Crippen LogP contribution is 2.21. The van der Waals surface area contributed by atoms with Crippen molar-refractivity contribution in [1.82, 2.24) is 20.8 Å². The predicted molar refractivity (Wildman–Crippen MR) is 103 cm³/mol. The van der Waals surface area contributed by atoms with E-state index in [1.165, 1.54) is 0 Å². The predicted octanol–water partition coefficient (Wildman–Crippen LogP) is 2.60. The molecule has 0 aliphatic carbocycles. The topological polar surface area (TPSA) is 109 Å². The normalized spacial score (nSPS) is 10.7. The van der Waals surface area contributed by atoms with Crippen molar-refractivity contribution in [3.05, 3.63) is 40.5 Å². The number of aromatic nitrogens is 2. The first-order valence-corrected chi connectivity index (χ1v) is 8.98. The molecule has 0 saturated carbocycles. The fourth-order valence-electron chi connectivity index (χ4n) is 2.67. The van der Waals surface area contributed by atoms with Gasteiger partial charge in [-0.25, -0.2) is 4.79 Å². The van der Waals surface area contributed by atoms with Crippen LogP contribution in [-0.4, -0.2) is 35.2 Å². The lowest BCUT2D eigenvalue weighted by molar-refractivity contribution is -0.115. The van der Waals surface area contributed by atoms with E-state index in [0.717, 1.165) is 22.4 Å². The Hall–Kier alpha value is -2.90. The van der Waals surface area contributed by atoms with E-state index in [-0.39, 0.29) is 18.4 Å². The highest BCUT2D eigenvalue weighted by Gasteiger charge is 2.11. The van der Waals surface area contributed by atoms with Crippen molar-refractivity contribution in [3.63, 3.8) is 0 Å². The van der Waals surface area contributed by atoms with Crippen molar-refractivity contribution in [3.8, 4) is 0 Å². The van der Waals surface area contributed by atoms with Crippen LogP contribution in [0.25, 0.3) is 0 Å². The van der Waals surface area contributed by atoms with Gasteiger partial charge < -0.3 is 20.5 Å². The molecule has 0 aliphatic rings. The molecule has 2 rings (SSSR count). The third-order valence-corrected chi connectivity index (χ3v) is 3.98. The molecule has 0 radical (unpaired) electrons. The van der Waals surface area contributed by atoms with Crippen molar-refractivity contribution >= 4 is 17.6 Å². The second-order valence-corrected chi connectivity index (χ2v) is 6.88. The Bertz CT molecular complexity index is 790. The SMILES string of the molecule is Cc1cc(C)c(NC(=O)CNC(=O)NCCc2nc(C(C)C)no2)c(C)c1. The van der Waals surface area contributed by atoms with Gasteiger partial charge in [0.15, 0.2) is 5.82 Å². The van der Waals surface area contributed by atoms with Gasteiger partial charge in [0.2, 0.25) is 11.8 Å². The van der Waals surface area contributed by atoms with Crippen molar-refractivity contribution in [1.29, 1.82) is 0 Å². The highest BCUT2D eigenvalue weighted by atomic mass is 16.5. The number of rotatable bonds is 7. The molecular formula is C19H27N5O3. The van der Waals surface area contributed by atoms with E-state index < -0.39 is 6.03 Å². The number of nitrogens with zero attached hydrogens (tertiary/aromatic N) is 2. The lowest BCUT2D eigenvalue weighted by Gasteiger charge is -2.13. The van der Waals surface area contributed by atoms with E-state index in [9.17, 15) is 9.59 Å². The van der Waals surface area contributed by atoms with Crippen LogP contribution in [0.3, 0.4) is 0 Å². The van der Waals surface area contributed by atoms with Gasteiger partial charge in [0.1, 0.15) is 0 Å². The summed E-state index contributed by atoms with van der Waals surface area (Å²) in [4.78, 5) is 28.1. The number of carbonyl (C=O) groups is 2. The van der Waals surface area contributed by atoms with Gasteiger partial charge in [0, 0.05) is 24.6 Å². The molecule has 1 aromatic heterocycles. The lowest BCUT2D eigenvalue weighted by atomic mass is 10.1. The van der Waals surface area contributed by atoms with Gasteiger partial charge in [-0.15, -0.1) is 0 Å². The Morgan fingerprint density at radius 1 is 1.11 bits per heavy atom. The average molecular weight is 373 g/mol. The fraction of sp³-hybridized carbons (Fsp3) is 0.474. The molecule has 3 amide bonds. The summed E-state index contributed by atoms with van der Waals surface area (Å²) in [5.74, 6) is 1.03. The Labute approximate surface area is 159 Å². The van der Waals surface area contributed by atoms with Gasteiger partial charge in [-0.1, -0.05) is 36.7 Å². The van der Waals surface area contributed by atoms with E-state index in [4.69, 9.17) is 4.52 Å². The number of urea groups is 1. The van der Waals surface area contributed by atoms with Gasteiger partial charge in [0.05, 0.1) is 6.54 Å². The largest absolute Gasteiger partial charge is 0.339 e. The second kappa shape index (κ2) is 9.16. The molecule has 1 aromatic carbocycles. The quantitative estimate of drug-likeness (QED) is 0.691. The Kier molecular flexibility index (Phi) is 6.92. The van der Waals surface area contributed by atoms with Crippen molar-refractivity contribution in [2.75, 3.05) is 18.4 Å². The molecule has 3 N–H and O–H groups in total. The molecule has 8 nitrogen and oxygen atoms in total. The maximum absolute atomic E-state index is 12.1. The molecule has 0 saturated heterocycles. The van der Waals surface area contributed by atoms with Crippen LogP contribution in [0, 0.1) is 20.8 Å². The average Bonchev–Trinajstić information content (AvgIpc) is 3.05. The van der Waals surface area contributed by atoms with Crippen LogP contribution < -0.4 is 16.0 Å². The minimum Gasteiger partial charge on any atom is -0.339 e. The molecule has 0 fully saturated rings. The van der Waals surface area contributed by atoms with Crippen LogP contribution in [0.15, 0.2) is 16.7 Å². The van der Waals surface area contributed by atoms with Crippen LogP contribution in [-0.2, 0) is 11.2 Å². The summed E-state index contributed by atoms with van der Waals surface area (Å²) in [5.41, 5.74) is 3.91. The van der Waals surface area contributed by atoms with Crippen LogP contribution in [0.2, 0.25) is 0 Å². The van der Waals surface area contributed by atoms with Crippen LogP contribution in [0.1, 0.15) is 48.2 Å². The third-order valence-electron chi connectivity index (χ3n) is 3.98. The molecule has 8 heteroatoms. The molecule has 0 spiro atoms. The van der Waals surface area contributed by atoms with Gasteiger partial charge in [-0.05, 0) is 31.9 Å². The molecule has 0 bridgehead atoms. The summed E-state index contributed by atoms with van der Waals surface area (Å²) >= 11 is 0. The van der Waals surface area contributed by atoms with Crippen molar-refractivity contribution in [2.45, 2.75) is 47.0 Å². The third kappa shape index (κ3) is 6.09. The smallest absolute Gasteiger partial charge is 0.315 e. The monoisotopic (exact) mass is 373 g/mol. The van der Waals surface area contributed by atoms with Crippen molar-refractivity contribution < 1.29 is 14.1 Å². The number of anilines is 1. The van der Waals surface area contributed by atoms with E-state index in [0.29, 0.717) is 24.7 Å². The van der Waals surface area contributed by atoms with Gasteiger partial charge in [0.25, 0.3) is 0 Å². The van der Waals surface area contributed by atoms with Crippen molar-refractivity contribution in [2.24, 2.45) is 0 Å². The maximum atomic E-state index is 12.1. The number of hydrogen-bond donors (Lipinski definition) is 3. The molecule has 2 aromatic rings. The summed E-state index contributed by atoms with van der Waals surface area (Å²) in [6, 6.07) is 3.58. The number of hydrogen-bond acceptors (Lipinski definition) is 5. The van der Waals surface area contributed by atoms with E-state index >= 15 is 0 Å². The zero-order valence-corrected chi connectivity index (χ0v) is 16.5. The first-order valence-electron chi connectivity index (χ1n) is 8.98. The number of carbonyl (C=O) groups excluding carboxylic acids is 2. The zero-order chi connectivity index (χ0) is 20.0. The van der Waals surface area contributed by atoms with Gasteiger partial charge in [-0.2, -0.15) is 4.98 Å². The summed E-state index contributed by atoms with van der Waals surface area (Å²) in [6.07, 6.45) is 0.432. The molecule has 146 valence electrons. The van der Waals surface area contributed by atoms with Crippen LogP contribution in [0.5, 0.6) is 0 Å². The summed E-state index contributed by atoms with van der Waals surface area (Å²) in [7, 11) is 0. The zero-order valence-electron chi connectivity index (χ0n) is 16.5. The number of benzene rings is 1. The standard InChI is InChI=1S/C19H27N5O3/c1-11(2)18-23-16(27-24-18)6-7-20-19(26)21-10-15(25)22-17-13(4)8-12(3)9-14(17)5/h8-9,11H,6-7,10H2,1-5H3,(H,22,25)(H2,20,21,26). The Morgan fingerprint density at radius 3 is 2.37 bits per heavy atom. The molecule has 27 heavy (non-hydrogen) atoms. The lowest BCUT2D eigenvalue weighted by Crippen LogP contribution is -2.40. The number of aryl methyl sites for hydroxylation is 3. The van der Waals surface area contributed by atoms with Gasteiger partial charge in [-0.3, -0.25) is 4.79 Å². The van der Waals surface area contributed by atoms with E-state index in [1.54, 1.807) is 0 Å². The Morgan fingerprint density at radius 2 is 1.78 bits per heavy atom. The van der Waals surface area contributed by atoms with E-state index in [2.05, 4.69) is 26.1 Å².